The summed E-state index contributed by atoms with van der Waals surface area (Å²) in [6, 6.07) is 10.3. The standard InChI is InChI=1S/C14H14N2O5S/c1-9(17)16-11-3-2-4-12(8-11)21-13-6-5-10(15)7-14(13)22(18,19)20/h2-8H,15H2,1H3,(H,16,17)(H,18,19,20). The minimum atomic E-state index is -4.48. The quantitative estimate of drug-likeness (QED) is 0.587. The van der Waals surface area contributed by atoms with Crippen molar-refractivity contribution in [2.45, 2.75) is 11.8 Å². The summed E-state index contributed by atoms with van der Waals surface area (Å²) in [5, 5.41) is 2.58. The van der Waals surface area contributed by atoms with Gasteiger partial charge in [-0.1, -0.05) is 6.07 Å². The molecule has 0 spiro atoms. The third-order valence-electron chi connectivity index (χ3n) is 2.63. The number of amides is 1. The Morgan fingerprint density at radius 1 is 1.23 bits per heavy atom. The zero-order chi connectivity index (χ0) is 16.3. The average Bonchev–Trinajstić information content (AvgIpc) is 2.39. The molecule has 2 aromatic carbocycles. The summed E-state index contributed by atoms with van der Waals surface area (Å²) >= 11 is 0. The fraction of sp³-hybridized carbons (Fsp3) is 0.0714. The zero-order valence-corrected chi connectivity index (χ0v) is 12.4. The van der Waals surface area contributed by atoms with Gasteiger partial charge in [-0.3, -0.25) is 9.35 Å². The van der Waals surface area contributed by atoms with Crippen LogP contribution in [0.5, 0.6) is 11.5 Å². The number of nitrogens with two attached hydrogens (primary N) is 1. The van der Waals surface area contributed by atoms with Crippen molar-refractivity contribution in [1.82, 2.24) is 0 Å². The van der Waals surface area contributed by atoms with Crippen molar-refractivity contribution >= 4 is 27.4 Å². The van der Waals surface area contributed by atoms with E-state index < -0.39 is 15.0 Å². The molecule has 2 aromatic rings. The van der Waals surface area contributed by atoms with Gasteiger partial charge in [0.15, 0.2) is 0 Å². The van der Waals surface area contributed by atoms with E-state index >= 15 is 0 Å². The molecule has 0 heterocycles. The van der Waals surface area contributed by atoms with Gasteiger partial charge in [0.2, 0.25) is 5.91 Å². The highest BCUT2D eigenvalue weighted by Crippen LogP contribution is 2.31. The van der Waals surface area contributed by atoms with Crippen molar-refractivity contribution in [3.05, 3.63) is 42.5 Å². The zero-order valence-electron chi connectivity index (χ0n) is 11.6. The summed E-state index contributed by atoms with van der Waals surface area (Å²) in [5.41, 5.74) is 6.19. The molecule has 0 bridgehead atoms. The first-order valence-electron chi connectivity index (χ1n) is 6.18. The van der Waals surface area contributed by atoms with E-state index in [0.717, 1.165) is 6.07 Å². The van der Waals surface area contributed by atoms with Gasteiger partial charge in [-0.05, 0) is 30.3 Å². The van der Waals surface area contributed by atoms with Crippen LogP contribution >= 0.6 is 0 Å². The predicted molar refractivity (Wildman–Crippen MR) is 81.5 cm³/mol. The number of nitrogens with one attached hydrogen (secondary N) is 1. The fourth-order valence-corrected chi connectivity index (χ4v) is 2.43. The van der Waals surface area contributed by atoms with Crippen LogP contribution in [-0.2, 0) is 14.9 Å². The van der Waals surface area contributed by atoms with Crippen LogP contribution in [0.3, 0.4) is 0 Å². The van der Waals surface area contributed by atoms with E-state index in [9.17, 15) is 17.8 Å². The molecule has 1 amide bonds. The van der Waals surface area contributed by atoms with Gasteiger partial charge in [-0.15, -0.1) is 0 Å². The monoisotopic (exact) mass is 322 g/mol. The van der Waals surface area contributed by atoms with Crippen LogP contribution in [0, 0.1) is 0 Å². The molecule has 0 unspecified atom stereocenters. The van der Waals surface area contributed by atoms with E-state index in [1.807, 2.05) is 0 Å². The Balaban J connectivity index is 2.37. The second-order valence-corrected chi connectivity index (χ2v) is 5.88. The first kappa shape index (κ1) is 15.8. The van der Waals surface area contributed by atoms with Crippen LogP contribution in [0.15, 0.2) is 47.4 Å². The summed E-state index contributed by atoms with van der Waals surface area (Å²) in [4.78, 5) is 10.6. The number of hydrogen-bond acceptors (Lipinski definition) is 5. The topological polar surface area (TPSA) is 119 Å². The van der Waals surface area contributed by atoms with Crippen LogP contribution in [0.25, 0.3) is 0 Å². The van der Waals surface area contributed by atoms with Gasteiger partial charge in [-0.25, -0.2) is 0 Å². The highest BCUT2D eigenvalue weighted by molar-refractivity contribution is 7.86. The molecule has 2 rings (SSSR count). The second-order valence-electron chi connectivity index (χ2n) is 4.49. The minimum absolute atomic E-state index is 0.0725. The molecule has 0 aliphatic carbocycles. The third kappa shape index (κ3) is 3.96. The van der Waals surface area contributed by atoms with Gasteiger partial charge in [0.25, 0.3) is 10.1 Å². The van der Waals surface area contributed by atoms with E-state index in [-0.39, 0.29) is 17.3 Å². The number of carbonyl (C=O) groups is 1. The normalized spacial score (nSPS) is 11.0. The van der Waals surface area contributed by atoms with Crippen LogP contribution in [0.1, 0.15) is 6.92 Å². The smallest absolute Gasteiger partial charge is 0.298 e. The molecule has 0 radical (unpaired) electrons. The van der Waals surface area contributed by atoms with Crippen LogP contribution in [-0.4, -0.2) is 18.9 Å². The van der Waals surface area contributed by atoms with Gasteiger partial charge in [-0.2, -0.15) is 8.42 Å². The van der Waals surface area contributed by atoms with Crippen molar-refractivity contribution in [2.75, 3.05) is 11.1 Å². The van der Waals surface area contributed by atoms with Crippen molar-refractivity contribution in [3.8, 4) is 11.5 Å². The van der Waals surface area contributed by atoms with Crippen molar-refractivity contribution in [2.24, 2.45) is 0 Å². The molecule has 0 saturated carbocycles. The summed E-state index contributed by atoms with van der Waals surface area (Å²) < 4.78 is 37.4. The van der Waals surface area contributed by atoms with Gasteiger partial charge < -0.3 is 15.8 Å². The summed E-state index contributed by atoms with van der Waals surface area (Å²) in [7, 11) is -4.48. The number of hydrogen-bond donors (Lipinski definition) is 3. The maximum atomic E-state index is 11.4. The molecule has 116 valence electrons. The molecular weight excluding hydrogens is 308 g/mol. The molecular formula is C14H14N2O5S. The first-order chi connectivity index (χ1) is 10.3. The van der Waals surface area contributed by atoms with Crippen LogP contribution < -0.4 is 15.8 Å². The highest BCUT2D eigenvalue weighted by atomic mass is 32.2. The fourth-order valence-electron chi connectivity index (χ4n) is 1.78. The molecule has 0 aliphatic heterocycles. The number of carbonyl (C=O) groups excluding carboxylic acids is 1. The number of benzene rings is 2. The number of nitrogen functional groups attached to an aromatic ring is 1. The molecule has 4 N–H and O–H groups in total. The summed E-state index contributed by atoms with van der Waals surface area (Å²) in [6.07, 6.45) is 0. The van der Waals surface area contributed by atoms with E-state index in [0.29, 0.717) is 11.4 Å². The lowest BCUT2D eigenvalue weighted by Crippen LogP contribution is -2.05. The van der Waals surface area contributed by atoms with Gasteiger partial charge in [0.05, 0.1) is 0 Å². The molecule has 7 nitrogen and oxygen atoms in total. The van der Waals surface area contributed by atoms with Crippen molar-refractivity contribution in [1.29, 1.82) is 0 Å². The Hall–Kier alpha value is -2.58. The molecule has 0 saturated heterocycles. The lowest BCUT2D eigenvalue weighted by molar-refractivity contribution is -0.114. The SMILES string of the molecule is CC(=O)Nc1cccc(Oc2ccc(N)cc2S(=O)(=O)O)c1. The summed E-state index contributed by atoms with van der Waals surface area (Å²) in [6.45, 7) is 1.37. The molecule has 0 aromatic heterocycles. The number of ether oxygens (including phenoxy) is 1. The lowest BCUT2D eigenvalue weighted by Gasteiger charge is -2.11. The maximum absolute atomic E-state index is 11.4. The Labute approximate surface area is 127 Å². The Kier molecular flexibility index (Phi) is 4.34. The highest BCUT2D eigenvalue weighted by Gasteiger charge is 2.18. The molecule has 8 heteroatoms. The summed E-state index contributed by atoms with van der Waals surface area (Å²) in [5.74, 6) is -0.0270. The third-order valence-corrected chi connectivity index (χ3v) is 3.50. The van der Waals surface area contributed by atoms with E-state index in [1.54, 1.807) is 18.2 Å². The van der Waals surface area contributed by atoms with Gasteiger partial charge >= 0.3 is 0 Å². The van der Waals surface area contributed by atoms with Gasteiger partial charge in [0, 0.05) is 24.4 Å². The van der Waals surface area contributed by atoms with Crippen LogP contribution in [0.2, 0.25) is 0 Å². The second kappa shape index (κ2) is 6.04. The van der Waals surface area contributed by atoms with E-state index in [2.05, 4.69) is 5.32 Å². The molecule has 0 fully saturated rings. The lowest BCUT2D eigenvalue weighted by atomic mass is 10.3. The van der Waals surface area contributed by atoms with Crippen LogP contribution in [0.4, 0.5) is 11.4 Å². The number of rotatable bonds is 4. The van der Waals surface area contributed by atoms with Crippen molar-refractivity contribution < 1.29 is 22.5 Å². The maximum Gasteiger partial charge on any atom is 0.298 e. The van der Waals surface area contributed by atoms with E-state index in [1.165, 1.54) is 25.1 Å². The van der Waals surface area contributed by atoms with E-state index in [4.69, 9.17) is 10.5 Å². The Bertz CT molecular complexity index is 818. The van der Waals surface area contributed by atoms with Crippen molar-refractivity contribution in [3.63, 3.8) is 0 Å². The number of anilines is 2. The minimum Gasteiger partial charge on any atom is -0.456 e. The Morgan fingerprint density at radius 3 is 2.59 bits per heavy atom. The average molecular weight is 322 g/mol. The largest absolute Gasteiger partial charge is 0.456 e. The molecule has 0 atom stereocenters. The Morgan fingerprint density at radius 2 is 1.95 bits per heavy atom. The van der Waals surface area contributed by atoms with Gasteiger partial charge in [0.1, 0.15) is 16.4 Å². The molecule has 0 aliphatic rings. The molecule has 22 heavy (non-hydrogen) atoms. The predicted octanol–water partition coefficient (Wildman–Crippen LogP) is 2.27. The first-order valence-corrected chi connectivity index (χ1v) is 7.62.